The first-order chi connectivity index (χ1) is 13.9. The minimum absolute atomic E-state index is 0.0682. The SMILES string of the molecule is CCNC(=NCc1cc(F)ccc1F)NCCCc1nnc(SC)n1CC(C)C. The Morgan fingerprint density at radius 2 is 2.03 bits per heavy atom. The Morgan fingerprint density at radius 1 is 1.24 bits per heavy atom. The average molecular weight is 425 g/mol. The molecule has 29 heavy (non-hydrogen) atoms. The zero-order valence-electron chi connectivity index (χ0n) is 17.5. The van der Waals surface area contributed by atoms with E-state index in [-0.39, 0.29) is 12.1 Å². The smallest absolute Gasteiger partial charge is 0.191 e. The Balaban J connectivity index is 1.91. The van der Waals surface area contributed by atoms with E-state index in [9.17, 15) is 8.78 Å². The van der Waals surface area contributed by atoms with Crippen LogP contribution in [0.5, 0.6) is 0 Å². The fraction of sp³-hybridized carbons (Fsp3) is 0.550. The molecule has 160 valence electrons. The van der Waals surface area contributed by atoms with E-state index < -0.39 is 11.6 Å². The molecular formula is C20H30F2N6S. The van der Waals surface area contributed by atoms with Crippen molar-refractivity contribution in [1.29, 1.82) is 0 Å². The molecule has 0 saturated heterocycles. The zero-order chi connectivity index (χ0) is 21.2. The Hall–Kier alpha value is -2.16. The van der Waals surface area contributed by atoms with Crippen LogP contribution < -0.4 is 10.6 Å². The molecule has 0 fully saturated rings. The highest BCUT2D eigenvalue weighted by Crippen LogP contribution is 2.16. The molecule has 0 aliphatic heterocycles. The van der Waals surface area contributed by atoms with Gasteiger partial charge in [0.05, 0.1) is 6.54 Å². The molecule has 2 N–H and O–H groups in total. The summed E-state index contributed by atoms with van der Waals surface area (Å²) in [5.74, 6) is 1.15. The van der Waals surface area contributed by atoms with Crippen LogP contribution in [-0.2, 0) is 19.5 Å². The highest BCUT2D eigenvalue weighted by molar-refractivity contribution is 7.98. The zero-order valence-corrected chi connectivity index (χ0v) is 18.3. The molecular weight excluding hydrogens is 394 g/mol. The molecule has 0 saturated carbocycles. The number of hydrogen-bond donors (Lipinski definition) is 2. The minimum Gasteiger partial charge on any atom is -0.357 e. The number of hydrogen-bond acceptors (Lipinski definition) is 4. The molecule has 0 bridgehead atoms. The summed E-state index contributed by atoms with van der Waals surface area (Å²) in [6, 6.07) is 3.40. The second kappa shape index (κ2) is 11.7. The van der Waals surface area contributed by atoms with Gasteiger partial charge in [0.1, 0.15) is 17.5 Å². The van der Waals surface area contributed by atoms with Gasteiger partial charge in [0.15, 0.2) is 11.1 Å². The molecule has 1 aromatic carbocycles. The Bertz CT molecular complexity index is 806. The molecule has 2 rings (SSSR count). The van der Waals surface area contributed by atoms with Gasteiger partial charge in [-0.1, -0.05) is 25.6 Å². The third-order valence-corrected chi connectivity index (χ3v) is 4.82. The van der Waals surface area contributed by atoms with Gasteiger partial charge >= 0.3 is 0 Å². The number of thioether (sulfide) groups is 1. The first-order valence-corrected chi connectivity index (χ1v) is 11.1. The summed E-state index contributed by atoms with van der Waals surface area (Å²) in [7, 11) is 0. The predicted molar refractivity (Wildman–Crippen MR) is 114 cm³/mol. The Morgan fingerprint density at radius 3 is 2.72 bits per heavy atom. The molecule has 9 heteroatoms. The Labute approximate surface area is 175 Å². The number of nitrogens with one attached hydrogen (secondary N) is 2. The maximum Gasteiger partial charge on any atom is 0.191 e. The summed E-state index contributed by atoms with van der Waals surface area (Å²) in [6.45, 7) is 8.64. The average Bonchev–Trinajstić information content (AvgIpc) is 3.06. The molecule has 0 unspecified atom stereocenters. The first kappa shape index (κ1) is 23.1. The summed E-state index contributed by atoms with van der Waals surface area (Å²) < 4.78 is 29.3. The Kier molecular flexibility index (Phi) is 9.37. The number of rotatable bonds is 10. The van der Waals surface area contributed by atoms with Gasteiger partial charge in [-0.2, -0.15) is 0 Å². The lowest BCUT2D eigenvalue weighted by Crippen LogP contribution is -2.38. The van der Waals surface area contributed by atoms with E-state index in [4.69, 9.17) is 0 Å². The van der Waals surface area contributed by atoms with Gasteiger partial charge in [-0.15, -0.1) is 10.2 Å². The van der Waals surface area contributed by atoms with Crippen molar-refractivity contribution in [1.82, 2.24) is 25.4 Å². The van der Waals surface area contributed by atoms with Gasteiger partial charge in [-0.3, -0.25) is 0 Å². The van der Waals surface area contributed by atoms with Gasteiger partial charge in [0, 0.05) is 31.6 Å². The van der Waals surface area contributed by atoms with Crippen LogP contribution in [-0.4, -0.2) is 40.1 Å². The molecule has 1 heterocycles. The van der Waals surface area contributed by atoms with Crippen molar-refractivity contribution >= 4 is 17.7 Å². The molecule has 6 nitrogen and oxygen atoms in total. The minimum atomic E-state index is -0.468. The third-order valence-electron chi connectivity index (χ3n) is 4.15. The van der Waals surface area contributed by atoms with Gasteiger partial charge in [-0.25, -0.2) is 13.8 Å². The largest absolute Gasteiger partial charge is 0.357 e. The van der Waals surface area contributed by atoms with Crippen LogP contribution in [0, 0.1) is 17.6 Å². The summed E-state index contributed by atoms with van der Waals surface area (Å²) in [4.78, 5) is 4.36. The van der Waals surface area contributed by atoms with E-state index >= 15 is 0 Å². The van der Waals surface area contributed by atoms with Crippen LogP contribution >= 0.6 is 11.8 Å². The van der Waals surface area contributed by atoms with Gasteiger partial charge in [0.25, 0.3) is 0 Å². The van der Waals surface area contributed by atoms with E-state index in [1.165, 1.54) is 6.07 Å². The lowest BCUT2D eigenvalue weighted by molar-refractivity contribution is 0.477. The van der Waals surface area contributed by atoms with Crippen molar-refractivity contribution in [2.24, 2.45) is 10.9 Å². The monoisotopic (exact) mass is 424 g/mol. The van der Waals surface area contributed by atoms with Crippen molar-refractivity contribution in [3.63, 3.8) is 0 Å². The van der Waals surface area contributed by atoms with E-state index in [0.717, 1.165) is 42.5 Å². The molecule has 2 aromatic rings. The number of benzene rings is 1. The number of nitrogens with zero attached hydrogens (tertiary/aromatic N) is 4. The van der Waals surface area contributed by atoms with Crippen molar-refractivity contribution in [2.75, 3.05) is 19.3 Å². The van der Waals surface area contributed by atoms with Crippen LogP contribution in [0.15, 0.2) is 28.3 Å². The van der Waals surface area contributed by atoms with Crippen molar-refractivity contribution in [3.8, 4) is 0 Å². The fourth-order valence-corrected chi connectivity index (χ4v) is 3.35. The number of aliphatic imine (C=N–C) groups is 1. The van der Waals surface area contributed by atoms with Crippen molar-refractivity contribution in [3.05, 3.63) is 41.2 Å². The molecule has 0 radical (unpaired) electrons. The molecule has 0 aliphatic carbocycles. The normalized spacial score (nSPS) is 11.9. The van der Waals surface area contributed by atoms with E-state index in [2.05, 4.69) is 44.2 Å². The molecule has 0 aliphatic rings. The molecule has 0 spiro atoms. The van der Waals surface area contributed by atoms with Crippen LogP contribution in [0.25, 0.3) is 0 Å². The molecule has 1 aromatic heterocycles. The maximum absolute atomic E-state index is 13.8. The molecule has 0 atom stereocenters. The second-order valence-corrected chi connectivity index (χ2v) is 7.84. The summed E-state index contributed by atoms with van der Waals surface area (Å²) in [5.41, 5.74) is 0.230. The third kappa shape index (κ3) is 7.30. The van der Waals surface area contributed by atoms with E-state index in [1.807, 2.05) is 13.2 Å². The highest BCUT2D eigenvalue weighted by atomic mass is 32.2. The predicted octanol–water partition coefficient (Wildman–Crippen LogP) is 3.62. The number of guanidine groups is 1. The van der Waals surface area contributed by atoms with Crippen molar-refractivity contribution in [2.45, 2.75) is 51.9 Å². The quantitative estimate of drug-likeness (QED) is 0.264. The summed E-state index contributed by atoms with van der Waals surface area (Å²) >= 11 is 1.60. The lowest BCUT2D eigenvalue weighted by Gasteiger charge is -2.13. The number of halogens is 2. The summed E-state index contributed by atoms with van der Waals surface area (Å²) in [5, 5.41) is 15.9. The lowest BCUT2D eigenvalue weighted by atomic mass is 10.2. The van der Waals surface area contributed by atoms with Crippen LogP contribution in [0.3, 0.4) is 0 Å². The van der Waals surface area contributed by atoms with Gasteiger partial charge < -0.3 is 15.2 Å². The topological polar surface area (TPSA) is 67.1 Å². The van der Waals surface area contributed by atoms with Crippen LogP contribution in [0.1, 0.15) is 38.6 Å². The van der Waals surface area contributed by atoms with E-state index in [1.54, 1.807) is 11.8 Å². The highest BCUT2D eigenvalue weighted by Gasteiger charge is 2.12. The van der Waals surface area contributed by atoms with Crippen molar-refractivity contribution < 1.29 is 8.78 Å². The van der Waals surface area contributed by atoms with Gasteiger partial charge in [-0.05, 0) is 43.7 Å². The van der Waals surface area contributed by atoms with Crippen LogP contribution in [0.2, 0.25) is 0 Å². The number of aromatic nitrogens is 3. The fourth-order valence-electron chi connectivity index (χ4n) is 2.83. The van der Waals surface area contributed by atoms with E-state index in [0.29, 0.717) is 25.0 Å². The number of aryl methyl sites for hydroxylation is 1. The van der Waals surface area contributed by atoms with Gasteiger partial charge in [0.2, 0.25) is 0 Å². The second-order valence-electron chi connectivity index (χ2n) is 7.07. The standard InChI is InChI=1S/C20H30F2N6S/c1-5-23-19(25-12-15-11-16(21)8-9-17(15)22)24-10-6-7-18-26-27-20(29-4)28(18)13-14(2)3/h8-9,11,14H,5-7,10,12-13H2,1-4H3,(H2,23,24,25). The maximum atomic E-state index is 13.8. The summed E-state index contributed by atoms with van der Waals surface area (Å²) in [6.07, 6.45) is 3.65. The molecule has 0 amide bonds. The van der Waals surface area contributed by atoms with Crippen LogP contribution in [0.4, 0.5) is 8.78 Å². The first-order valence-electron chi connectivity index (χ1n) is 9.86.